The number of esters is 1. The smallest absolute Gasteiger partial charge is 0.328 e. The number of benzene rings is 1. The van der Waals surface area contributed by atoms with Crippen LogP contribution in [0.1, 0.15) is 19.4 Å². The fourth-order valence-electron chi connectivity index (χ4n) is 2.29. The van der Waals surface area contributed by atoms with Gasteiger partial charge in [-0.15, -0.1) is 0 Å². The third-order valence-electron chi connectivity index (χ3n) is 3.16. The molecule has 1 aromatic carbocycles. The molecule has 0 spiro atoms. The molecule has 92 valence electrons. The van der Waals surface area contributed by atoms with E-state index in [0.29, 0.717) is 6.61 Å². The lowest BCUT2D eigenvalue weighted by Gasteiger charge is -2.26. The second kappa shape index (κ2) is 4.65. The van der Waals surface area contributed by atoms with Gasteiger partial charge in [0.1, 0.15) is 6.04 Å². The van der Waals surface area contributed by atoms with Crippen molar-refractivity contribution in [1.29, 1.82) is 0 Å². The molecule has 0 bridgehead atoms. The molecule has 0 radical (unpaired) electrons. The predicted octanol–water partition coefficient (Wildman–Crippen LogP) is 1.58. The van der Waals surface area contributed by atoms with E-state index in [0.717, 1.165) is 24.3 Å². The molecule has 2 N–H and O–H groups in total. The number of para-hydroxylation sites is 1. The number of carbonyl (C=O) groups excluding carboxylic acids is 1. The molecule has 4 nitrogen and oxygen atoms in total. The zero-order valence-electron chi connectivity index (χ0n) is 10.3. The largest absolute Gasteiger partial charge is 0.464 e. The van der Waals surface area contributed by atoms with Crippen molar-refractivity contribution >= 4 is 17.3 Å². The van der Waals surface area contributed by atoms with E-state index >= 15 is 0 Å². The Hall–Kier alpha value is -1.71. The number of nitrogen functional groups attached to an aromatic ring is 1. The average Bonchev–Trinajstić information content (AvgIpc) is 2.73. The van der Waals surface area contributed by atoms with E-state index in [9.17, 15) is 4.79 Å². The molecule has 0 amide bonds. The van der Waals surface area contributed by atoms with Gasteiger partial charge in [-0.25, -0.2) is 4.79 Å². The first-order valence-corrected chi connectivity index (χ1v) is 5.95. The van der Waals surface area contributed by atoms with E-state index in [2.05, 4.69) is 6.07 Å². The summed E-state index contributed by atoms with van der Waals surface area (Å²) >= 11 is 0. The maximum Gasteiger partial charge on any atom is 0.328 e. The minimum absolute atomic E-state index is 0.191. The number of anilines is 2. The molecule has 2 rings (SSSR count). The van der Waals surface area contributed by atoms with E-state index in [4.69, 9.17) is 10.5 Å². The zero-order valence-corrected chi connectivity index (χ0v) is 10.3. The van der Waals surface area contributed by atoms with Crippen molar-refractivity contribution in [2.24, 2.45) is 0 Å². The van der Waals surface area contributed by atoms with Crippen molar-refractivity contribution in [3.05, 3.63) is 23.8 Å². The van der Waals surface area contributed by atoms with Crippen molar-refractivity contribution in [2.45, 2.75) is 26.3 Å². The lowest BCUT2D eigenvalue weighted by Crippen LogP contribution is -2.39. The molecule has 1 aliphatic heterocycles. The SMILES string of the molecule is CCOC(=O)C(C)N1CCc2cccc(N)c21. The summed E-state index contributed by atoms with van der Waals surface area (Å²) in [4.78, 5) is 13.8. The molecule has 0 saturated carbocycles. The molecule has 0 fully saturated rings. The minimum Gasteiger partial charge on any atom is -0.464 e. The molecule has 4 heteroatoms. The van der Waals surface area contributed by atoms with E-state index in [1.54, 1.807) is 0 Å². The Bertz CT molecular complexity index is 431. The van der Waals surface area contributed by atoms with Crippen LogP contribution in [0.2, 0.25) is 0 Å². The standard InChI is InChI=1S/C13H18N2O2/c1-3-17-13(16)9(2)15-8-7-10-5-4-6-11(14)12(10)15/h4-6,9H,3,7-8,14H2,1-2H3. The highest BCUT2D eigenvalue weighted by atomic mass is 16.5. The van der Waals surface area contributed by atoms with Crippen LogP contribution in [0.3, 0.4) is 0 Å². The second-order valence-electron chi connectivity index (χ2n) is 4.23. The van der Waals surface area contributed by atoms with Gasteiger partial charge in [0, 0.05) is 6.54 Å². The van der Waals surface area contributed by atoms with E-state index < -0.39 is 0 Å². The third-order valence-corrected chi connectivity index (χ3v) is 3.16. The summed E-state index contributed by atoms with van der Waals surface area (Å²) < 4.78 is 5.05. The molecular formula is C13H18N2O2. The van der Waals surface area contributed by atoms with Gasteiger partial charge < -0.3 is 15.4 Å². The van der Waals surface area contributed by atoms with Crippen molar-refractivity contribution in [3.63, 3.8) is 0 Å². The van der Waals surface area contributed by atoms with E-state index in [-0.39, 0.29) is 12.0 Å². The molecule has 1 aliphatic rings. The van der Waals surface area contributed by atoms with Crippen LogP contribution in [0.5, 0.6) is 0 Å². The summed E-state index contributed by atoms with van der Waals surface area (Å²) in [6, 6.07) is 5.60. The molecule has 0 saturated heterocycles. The quantitative estimate of drug-likeness (QED) is 0.637. The number of hydrogen-bond donors (Lipinski definition) is 1. The summed E-state index contributed by atoms with van der Waals surface area (Å²) in [5, 5.41) is 0. The highest BCUT2D eigenvalue weighted by Gasteiger charge is 2.29. The lowest BCUT2D eigenvalue weighted by molar-refractivity contribution is -0.144. The molecule has 1 atom stereocenters. The normalized spacial score (nSPS) is 15.5. The topological polar surface area (TPSA) is 55.6 Å². The van der Waals surface area contributed by atoms with Crippen molar-refractivity contribution in [1.82, 2.24) is 0 Å². The van der Waals surface area contributed by atoms with Gasteiger partial charge in [-0.05, 0) is 31.9 Å². The van der Waals surface area contributed by atoms with Gasteiger partial charge in [0.25, 0.3) is 0 Å². The maximum absolute atomic E-state index is 11.7. The first-order chi connectivity index (χ1) is 8.15. The van der Waals surface area contributed by atoms with Crippen LogP contribution < -0.4 is 10.6 Å². The van der Waals surface area contributed by atoms with Crippen LogP contribution in [-0.4, -0.2) is 25.2 Å². The summed E-state index contributed by atoms with van der Waals surface area (Å²) in [6.45, 7) is 4.91. The van der Waals surface area contributed by atoms with Gasteiger partial charge in [0.05, 0.1) is 18.0 Å². The van der Waals surface area contributed by atoms with Crippen molar-refractivity contribution in [3.8, 4) is 0 Å². The van der Waals surface area contributed by atoms with Gasteiger partial charge in [-0.3, -0.25) is 0 Å². The lowest BCUT2D eigenvalue weighted by atomic mass is 10.1. The first kappa shape index (κ1) is 11.8. The van der Waals surface area contributed by atoms with Crippen LogP contribution in [0.15, 0.2) is 18.2 Å². The van der Waals surface area contributed by atoms with Crippen LogP contribution >= 0.6 is 0 Å². The highest BCUT2D eigenvalue weighted by molar-refractivity contribution is 5.84. The third kappa shape index (κ3) is 2.07. The Morgan fingerprint density at radius 1 is 1.59 bits per heavy atom. The second-order valence-corrected chi connectivity index (χ2v) is 4.23. The minimum atomic E-state index is -0.277. The maximum atomic E-state index is 11.7. The number of hydrogen-bond acceptors (Lipinski definition) is 4. The summed E-state index contributed by atoms with van der Waals surface area (Å²) in [5.74, 6) is -0.191. The summed E-state index contributed by atoms with van der Waals surface area (Å²) in [6.07, 6.45) is 0.935. The Labute approximate surface area is 101 Å². The van der Waals surface area contributed by atoms with Gasteiger partial charge >= 0.3 is 5.97 Å². The van der Waals surface area contributed by atoms with Gasteiger partial charge in [-0.1, -0.05) is 12.1 Å². The molecule has 1 heterocycles. The molecule has 0 aromatic heterocycles. The molecule has 1 unspecified atom stereocenters. The van der Waals surface area contributed by atoms with Crippen LogP contribution in [0, 0.1) is 0 Å². The Morgan fingerprint density at radius 3 is 3.06 bits per heavy atom. The average molecular weight is 234 g/mol. The molecule has 17 heavy (non-hydrogen) atoms. The first-order valence-electron chi connectivity index (χ1n) is 5.95. The zero-order chi connectivity index (χ0) is 12.4. The van der Waals surface area contributed by atoms with E-state index in [1.165, 1.54) is 5.56 Å². The van der Waals surface area contributed by atoms with Crippen molar-refractivity contribution in [2.75, 3.05) is 23.8 Å². The molecule has 1 aromatic rings. The van der Waals surface area contributed by atoms with Crippen molar-refractivity contribution < 1.29 is 9.53 Å². The van der Waals surface area contributed by atoms with Crippen LogP contribution in [0.25, 0.3) is 0 Å². The number of rotatable bonds is 3. The summed E-state index contributed by atoms with van der Waals surface area (Å²) in [7, 11) is 0. The fourth-order valence-corrected chi connectivity index (χ4v) is 2.29. The van der Waals surface area contributed by atoms with Crippen LogP contribution in [0.4, 0.5) is 11.4 Å². The van der Waals surface area contributed by atoms with E-state index in [1.807, 2.05) is 30.9 Å². The Kier molecular flexibility index (Phi) is 3.22. The number of ether oxygens (including phenoxy) is 1. The van der Waals surface area contributed by atoms with Gasteiger partial charge in [0.2, 0.25) is 0 Å². The predicted molar refractivity (Wildman–Crippen MR) is 68.0 cm³/mol. The van der Waals surface area contributed by atoms with Gasteiger partial charge in [0.15, 0.2) is 0 Å². The summed E-state index contributed by atoms with van der Waals surface area (Å²) in [5.41, 5.74) is 8.92. The Morgan fingerprint density at radius 2 is 2.35 bits per heavy atom. The molecular weight excluding hydrogens is 216 g/mol. The Balaban J connectivity index is 2.24. The van der Waals surface area contributed by atoms with Crippen LogP contribution in [-0.2, 0) is 16.0 Å². The monoisotopic (exact) mass is 234 g/mol. The number of nitrogens with two attached hydrogens (primary N) is 1. The number of fused-ring (bicyclic) bond motifs is 1. The fraction of sp³-hybridized carbons (Fsp3) is 0.462. The number of nitrogens with zero attached hydrogens (tertiary/aromatic N) is 1. The number of carbonyl (C=O) groups is 1. The van der Waals surface area contributed by atoms with Gasteiger partial charge in [-0.2, -0.15) is 0 Å². The molecule has 0 aliphatic carbocycles. The highest BCUT2D eigenvalue weighted by Crippen LogP contribution is 2.35.